The minimum absolute atomic E-state index is 0.0291. The molecular formula is C9H8BrNO2. The Morgan fingerprint density at radius 1 is 1.69 bits per heavy atom. The lowest BCUT2D eigenvalue weighted by Gasteiger charge is -1.94. The van der Waals surface area contributed by atoms with Crippen LogP contribution in [0.25, 0.3) is 6.08 Å². The highest BCUT2D eigenvalue weighted by Crippen LogP contribution is 2.13. The summed E-state index contributed by atoms with van der Waals surface area (Å²) in [5.74, 6) is -0.837. The fraction of sp³-hybridized carbons (Fsp3) is 0.111. The molecule has 0 spiro atoms. The van der Waals surface area contributed by atoms with Crippen molar-refractivity contribution in [1.82, 2.24) is 4.98 Å². The van der Waals surface area contributed by atoms with Gasteiger partial charge in [-0.05, 0) is 22.0 Å². The number of carboxylic acids is 1. The molecular weight excluding hydrogens is 234 g/mol. The summed E-state index contributed by atoms with van der Waals surface area (Å²) in [6, 6.07) is 3.65. The van der Waals surface area contributed by atoms with Crippen LogP contribution in [0, 0.1) is 0 Å². The first-order valence-electron chi connectivity index (χ1n) is 3.69. The zero-order chi connectivity index (χ0) is 9.68. The number of hydrogen-bond donors (Lipinski definition) is 1. The van der Waals surface area contributed by atoms with Crippen molar-refractivity contribution in [2.45, 2.75) is 6.42 Å². The highest BCUT2D eigenvalue weighted by molar-refractivity contribution is 9.10. The molecule has 0 aliphatic carbocycles. The lowest BCUT2D eigenvalue weighted by molar-refractivity contribution is -0.135. The molecule has 0 atom stereocenters. The Balaban J connectivity index is 2.68. The van der Waals surface area contributed by atoms with Crippen molar-refractivity contribution in [3.63, 3.8) is 0 Å². The Hall–Kier alpha value is -1.16. The van der Waals surface area contributed by atoms with Gasteiger partial charge in [0.25, 0.3) is 0 Å². The van der Waals surface area contributed by atoms with Crippen molar-refractivity contribution in [2.24, 2.45) is 0 Å². The maximum atomic E-state index is 10.2. The van der Waals surface area contributed by atoms with Gasteiger partial charge in [-0.1, -0.05) is 18.2 Å². The van der Waals surface area contributed by atoms with Crippen LogP contribution < -0.4 is 0 Å². The predicted octanol–water partition coefficient (Wildman–Crippen LogP) is 2.33. The monoisotopic (exact) mass is 241 g/mol. The maximum Gasteiger partial charge on any atom is 0.307 e. The Morgan fingerprint density at radius 2 is 2.46 bits per heavy atom. The Kier molecular flexibility index (Phi) is 3.64. The van der Waals surface area contributed by atoms with Gasteiger partial charge in [-0.3, -0.25) is 4.79 Å². The van der Waals surface area contributed by atoms with E-state index in [1.807, 2.05) is 6.07 Å². The minimum Gasteiger partial charge on any atom is -0.481 e. The smallest absolute Gasteiger partial charge is 0.307 e. The molecule has 1 rings (SSSR count). The minimum atomic E-state index is -0.837. The van der Waals surface area contributed by atoms with Crippen LogP contribution in [0.3, 0.4) is 0 Å². The van der Waals surface area contributed by atoms with Gasteiger partial charge in [0.2, 0.25) is 0 Å². The molecule has 0 unspecified atom stereocenters. The average molecular weight is 242 g/mol. The molecule has 3 nitrogen and oxygen atoms in total. The number of aromatic nitrogens is 1. The van der Waals surface area contributed by atoms with E-state index < -0.39 is 5.97 Å². The zero-order valence-corrected chi connectivity index (χ0v) is 8.36. The highest BCUT2D eigenvalue weighted by atomic mass is 79.9. The molecule has 0 aliphatic rings. The van der Waals surface area contributed by atoms with Crippen LogP contribution in [0.2, 0.25) is 0 Å². The molecule has 0 saturated heterocycles. The van der Waals surface area contributed by atoms with Crippen molar-refractivity contribution in [1.29, 1.82) is 0 Å². The maximum absolute atomic E-state index is 10.2. The molecule has 1 N–H and O–H groups in total. The van der Waals surface area contributed by atoms with Crippen LogP contribution in [0.15, 0.2) is 29.0 Å². The van der Waals surface area contributed by atoms with Gasteiger partial charge in [-0.25, -0.2) is 4.98 Å². The molecule has 1 aromatic heterocycles. The van der Waals surface area contributed by atoms with E-state index in [1.165, 1.54) is 0 Å². The van der Waals surface area contributed by atoms with E-state index in [0.717, 1.165) is 10.2 Å². The van der Waals surface area contributed by atoms with Gasteiger partial charge < -0.3 is 5.11 Å². The molecule has 68 valence electrons. The average Bonchev–Trinajstić information content (AvgIpc) is 2.08. The first-order valence-corrected chi connectivity index (χ1v) is 4.48. The molecule has 4 heteroatoms. The second-order valence-corrected chi connectivity index (χ2v) is 3.13. The van der Waals surface area contributed by atoms with Crippen molar-refractivity contribution < 1.29 is 9.90 Å². The number of aliphatic carboxylic acids is 1. The summed E-state index contributed by atoms with van der Waals surface area (Å²) in [5, 5.41) is 8.38. The molecule has 0 saturated carbocycles. The van der Waals surface area contributed by atoms with Gasteiger partial charge in [-0.2, -0.15) is 0 Å². The SMILES string of the molecule is O=C(O)CC=Cc1cccnc1Br. The third-order valence-electron chi connectivity index (χ3n) is 1.38. The third-order valence-corrected chi connectivity index (χ3v) is 2.04. The lowest BCUT2D eigenvalue weighted by Crippen LogP contribution is -1.89. The summed E-state index contributed by atoms with van der Waals surface area (Å²) in [7, 11) is 0. The van der Waals surface area contributed by atoms with Crippen LogP contribution >= 0.6 is 15.9 Å². The number of carboxylic acid groups (broad SMARTS) is 1. The number of pyridine rings is 1. The molecule has 13 heavy (non-hydrogen) atoms. The number of rotatable bonds is 3. The second kappa shape index (κ2) is 4.77. The van der Waals surface area contributed by atoms with E-state index in [-0.39, 0.29) is 6.42 Å². The summed E-state index contributed by atoms with van der Waals surface area (Å²) in [4.78, 5) is 14.2. The van der Waals surface area contributed by atoms with Gasteiger partial charge in [0.15, 0.2) is 0 Å². The van der Waals surface area contributed by atoms with Gasteiger partial charge in [0.05, 0.1) is 6.42 Å². The molecule has 1 heterocycles. The Labute approximate surface area is 84.2 Å². The standard InChI is InChI=1S/C9H8BrNO2/c10-9-7(4-2-6-11-9)3-1-5-8(12)13/h1-4,6H,5H2,(H,12,13). The van der Waals surface area contributed by atoms with Crippen LogP contribution in [-0.4, -0.2) is 16.1 Å². The van der Waals surface area contributed by atoms with Crippen LogP contribution in [0.1, 0.15) is 12.0 Å². The van der Waals surface area contributed by atoms with Crippen molar-refractivity contribution in [3.05, 3.63) is 34.6 Å². The Bertz CT molecular complexity index is 336. The molecule has 0 aromatic carbocycles. The quantitative estimate of drug-likeness (QED) is 0.827. The van der Waals surface area contributed by atoms with Crippen molar-refractivity contribution in [2.75, 3.05) is 0 Å². The zero-order valence-electron chi connectivity index (χ0n) is 6.77. The topological polar surface area (TPSA) is 50.2 Å². The highest BCUT2D eigenvalue weighted by Gasteiger charge is 1.95. The van der Waals surface area contributed by atoms with E-state index in [2.05, 4.69) is 20.9 Å². The fourth-order valence-corrected chi connectivity index (χ4v) is 1.19. The van der Waals surface area contributed by atoms with E-state index in [4.69, 9.17) is 5.11 Å². The number of halogens is 1. The largest absolute Gasteiger partial charge is 0.481 e. The predicted molar refractivity (Wildman–Crippen MR) is 53.2 cm³/mol. The van der Waals surface area contributed by atoms with Crippen LogP contribution in [0.4, 0.5) is 0 Å². The van der Waals surface area contributed by atoms with Crippen molar-refractivity contribution >= 4 is 28.0 Å². The van der Waals surface area contributed by atoms with Gasteiger partial charge in [0.1, 0.15) is 4.60 Å². The molecule has 1 aromatic rings. The summed E-state index contributed by atoms with van der Waals surface area (Å²) in [6.07, 6.45) is 5.01. The fourth-order valence-electron chi connectivity index (χ4n) is 0.810. The van der Waals surface area contributed by atoms with Crippen LogP contribution in [0.5, 0.6) is 0 Å². The van der Waals surface area contributed by atoms with Gasteiger partial charge in [0, 0.05) is 11.8 Å². The number of carbonyl (C=O) groups is 1. The Morgan fingerprint density at radius 3 is 3.08 bits per heavy atom. The normalized spacial score (nSPS) is 10.5. The number of nitrogens with zero attached hydrogens (tertiary/aromatic N) is 1. The summed E-state index contributed by atoms with van der Waals surface area (Å²) in [5.41, 5.74) is 0.878. The molecule has 0 radical (unpaired) electrons. The van der Waals surface area contributed by atoms with Gasteiger partial charge in [-0.15, -0.1) is 0 Å². The summed E-state index contributed by atoms with van der Waals surface area (Å²) >= 11 is 3.25. The first-order chi connectivity index (χ1) is 6.20. The summed E-state index contributed by atoms with van der Waals surface area (Å²) in [6.45, 7) is 0. The molecule has 0 bridgehead atoms. The first kappa shape index (κ1) is 9.92. The molecule has 0 fully saturated rings. The molecule has 0 aliphatic heterocycles. The molecule has 0 amide bonds. The van der Waals surface area contributed by atoms with E-state index >= 15 is 0 Å². The third kappa shape index (κ3) is 3.38. The van der Waals surface area contributed by atoms with Gasteiger partial charge >= 0.3 is 5.97 Å². The second-order valence-electron chi connectivity index (χ2n) is 2.38. The summed E-state index contributed by atoms with van der Waals surface area (Å²) < 4.78 is 0.719. The van der Waals surface area contributed by atoms with E-state index in [9.17, 15) is 4.79 Å². The van der Waals surface area contributed by atoms with Crippen LogP contribution in [-0.2, 0) is 4.79 Å². The van der Waals surface area contributed by atoms with E-state index in [1.54, 1.807) is 24.4 Å². The number of hydrogen-bond acceptors (Lipinski definition) is 2. The lowest BCUT2D eigenvalue weighted by atomic mass is 10.2. The van der Waals surface area contributed by atoms with E-state index in [0.29, 0.717) is 0 Å². The van der Waals surface area contributed by atoms with Crippen molar-refractivity contribution in [3.8, 4) is 0 Å².